The first-order valence-corrected chi connectivity index (χ1v) is 28.4. The number of ketones is 1. The summed E-state index contributed by atoms with van der Waals surface area (Å²) in [4.78, 5) is 39.2. The normalized spacial score (nSPS) is 19.6. The van der Waals surface area contributed by atoms with Gasteiger partial charge >= 0.3 is 5.97 Å². The van der Waals surface area contributed by atoms with Crippen molar-refractivity contribution in [2.45, 2.75) is 139 Å². The second-order valence-electron chi connectivity index (χ2n) is 19.3. The number of nitrogens with zero attached hydrogens (tertiary/aromatic N) is 2. The van der Waals surface area contributed by atoms with E-state index < -0.39 is 52.4 Å². The molecule has 0 bridgehead atoms. The molecule has 2 aromatic carbocycles. The number of fused-ring (bicyclic) bond motifs is 2. The van der Waals surface area contributed by atoms with Gasteiger partial charge in [-0.3, -0.25) is 28.0 Å². The van der Waals surface area contributed by atoms with Crippen molar-refractivity contribution in [3.05, 3.63) is 112 Å². The zero-order valence-electron chi connectivity index (χ0n) is 40.7. The number of hydrogen-bond donors (Lipinski definition) is 5. The van der Waals surface area contributed by atoms with Gasteiger partial charge in [-0.25, -0.2) is 0 Å². The Morgan fingerprint density at radius 1 is 0.800 bits per heavy atom. The van der Waals surface area contributed by atoms with Gasteiger partial charge < -0.3 is 15.3 Å². The van der Waals surface area contributed by atoms with Gasteiger partial charge in [0.15, 0.2) is 11.5 Å². The Kier molecular flexibility index (Phi) is 18.7. The predicted molar refractivity (Wildman–Crippen MR) is 271 cm³/mol. The molecule has 19 heteroatoms. The van der Waals surface area contributed by atoms with Crippen molar-refractivity contribution in [1.82, 2.24) is 5.32 Å². The Morgan fingerprint density at radius 3 is 2.17 bits per heavy atom. The van der Waals surface area contributed by atoms with E-state index in [0.29, 0.717) is 88.4 Å². The zero-order chi connectivity index (χ0) is 51.7. The molecule has 0 fully saturated rings. The smallest absolute Gasteiger partial charge is 0.303 e. The molecule has 2 aromatic rings. The molecule has 382 valence electrons. The van der Waals surface area contributed by atoms with Gasteiger partial charge in [0.25, 0.3) is 30.4 Å². The molecule has 2 aliphatic heterocycles. The molecule has 70 heavy (non-hydrogen) atoms. The average molecular weight is 1030 g/mol. The molecular formula is C51H68N3O13S3+. The van der Waals surface area contributed by atoms with Crippen LogP contribution in [0.15, 0.2) is 101 Å². The highest BCUT2D eigenvalue weighted by molar-refractivity contribution is 7.86. The van der Waals surface area contributed by atoms with Gasteiger partial charge in [0.1, 0.15) is 11.8 Å². The molecule has 1 amide bonds. The summed E-state index contributed by atoms with van der Waals surface area (Å²) in [7, 11) is -12.9. The van der Waals surface area contributed by atoms with Crippen LogP contribution in [0.3, 0.4) is 0 Å². The van der Waals surface area contributed by atoms with Crippen molar-refractivity contribution >= 4 is 65.1 Å². The summed E-state index contributed by atoms with van der Waals surface area (Å²) in [6.45, 7) is 10.6. The first-order valence-electron chi connectivity index (χ1n) is 23.8. The van der Waals surface area contributed by atoms with Crippen molar-refractivity contribution in [2.24, 2.45) is 0 Å². The van der Waals surface area contributed by atoms with Crippen molar-refractivity contribution in [3.63, 3.8) is 0 Å². The van der Waals surface area contributed by atoms with E-state index in [1.807, 2.05) is 32.1 Å². The maximum absolute atomic E-state index is 13.6. The number of carbonyl (C=O) groups is 3. The number of aliphatic carboxylic acids is 1. The molecule has 0 saturated heterocycles. The predicted octanol–water partition coefficient (Wildman–Crippen LogP) is 8.26. The SMILES string of the molecule is Cc1ccc2c(c1)C(C)(C)C(C=CC1=CC(=CC=C3N(CCCCCCCS(=O)(=O)O)c4ccc(S(=O)(=O)O)cc4C3(C)CCCCCC(=O)O)C(=O)C=C1)=[N+]2CCCCC(=O)NCC(C)S(=O)(=O)O. The van der Waals surface area contributed by atoms with Gasteiger partial charge in [0.2, 0.25) is 11.6 Å². The number of benzene rings is 2. The molecule has 0 saturated carbocycles. The Balaban J connectivity index is 1.46. The number of carbonyl (C=O) groups excluding carboxylic acids is 2. The standard InChI is InChI=1S/C51H67N3O13S3/c1-36-18-23-43-41(32-36)50(3,4)46(53(43)30-14-11-16-48(56)52-35-37(2)69(62,63)64)26-20-38-19-25-45(55)39(33-38)21-27-47-51(5,28-12-9-10-17-49(57)58)42-34-40(70(65,66)67)22-24-44(42)54(47)29-13-7-6-8-15-31-68(59,60)61/h18-27,32-34,37H,6-17,28-31,35H2,1-5H3,(H4-,52,56,57,58,59,60,61,62,63,64,65,66,67)/p+1. The fourth-order valence-corrected chi connectivity index (χ4v) is 10.8. The quantitative estimate of drug-likeness (QED) is 0.0258. The summed E-state index contributed by atoms with van der Waals surface area (Å²) in [5, 5.41) is 10.7. The molecule has 5 rings (SSSR count). The minimum Gasteiger partial charge on any atom is -0.481 e. The lowest BCUT2D eigenvalue weighted by molar-refractivity contribution is -0.438. The molecule has 5 N–H and O–H groups in total. The van der Waals surface area contributed by atoms with Crippen LogP contribution in [0.1, 0.15) is 128 Å². The maximum atomic E-state index is 13.6. The number of allylic oxidation sites excluding steroid dienone is 10. The van der Waals surface area contributed by atoms with E-state index in [2.05, 4.69) is 46.8 Å². The van der Waals surface area contributed by atoms with E-state index in [-0.39, 0.29) is 41.7 Å². The lowest BCUT2D eigenvalue weighted by atomic mass is 9.77. The number of amides is 1. The largest absolute Gasteiger partial charge is 0.481 e. The number of nitrogens with one attached hydrogen (secondary N) is 1. The number of aryl methyl sites for hydroxylation is 1. The minimum absolute atomic E-state index is 0.0108. The first-order chi connectivity index (χ1) is 32.7. The average Bonchev–Trinajstić information content (AvgIpc) is 3.62. The van der Waals surface area contributed by atoms with Crippen LogP contribution in [-0.4, -0.2) is 103 Å². The highest BCUT2D eigenvalue weighted by Crippen LogP contribution is 2.52. The van der Waals surface area contributed by atoms with Gasteiger partial charge in [-0.2, -0.15) is 29.8 Å². The number of anilines is 1. The molecule has 2 unspecified atom stereocenters. The van der Waals surface area contributed by atoms with Crippen LogP contribution < -0.4 is 10.2 Å². The molecule has 0 radical (unpaired) electrons. The molecular weight excluding hydrogens is 959 g/mol. The minimum atomic E-state index is -4.57. The Hall–Kier alpha value is -5.05. The van der Waals surface area contributed by atoms with Gasteiger partial charge in [0.05, 0.1) is 16.1 Å². The summed E-state index contributed by atoms with van der Waals surface area (Å²) in [5.41, 5.74) is 6.44. The van der Waals surface area contributed by atoms with E-state index >= 15 is 0 Å². The van der Waals surface area contributed by atoms with Crippen LogP contribution in [-0.2, 0) is 55.6 Å². The lowest BCUT2D eigenvalue weighted by Gasteiger charge is -2.31. The fourth-order valence-electron chi connectivity index (χ4n) is 9.39. The van der Waals surface area contributed by atoms with Crippen molar-refractivity contribution < 1.29 is 63.0 Å². The van der Waals surface area contributed by atoms with Gasteiger partial charge in [-0.15, -0.1) is 0 Å². The van der Waals surface area contributed by atoms with Crippen molar-refractivity contribution in [1.29, 1.82) is 0 Å². The van der Waals surface area contributed by atoms with E-state index in [1.54, 1.807) is 24.3 Å². The van der Waals surface area contributed by atoms with Crippen LogP contribution in [0.4, 0.5) is 11.4 Å². The number of hydrogen-bond acceptors (Lipinski definition) is 10. The van der Waals surface area contributed by atoms with Gasteiger partial charge in [-0.1, -0.05) is 49.8 Å². The van der Waals surface area contributed by atoms with E-state index in [0.717, 1.165) is 45.9 Å². The summed E-state index contributed by atoms with van der Waals surface area (Å²) >= 11 is 0. The van der Waals surface area contributed by atoms with E-state index in [4.69, 9.17) is 4.55 Å². The third-order valence-electron chi connectivity index (χ3n) is 13.4. The van der Waals surface area contributed by atoms with Gasteiger partial charge in [0, 0.05) is 72.4 Å². The number of carboxylic acids is 1. The molecule has 0 spiro atoms. The van der Waals surface area contributed by atoms with Crippen LogP contribution >= 0.6 is 0 Å². The van der Waals surface area contributed by atoms with E-state index in [9.17, 15) is 53.8 Å². The Bertz CT molecular complexity index is 2860. The van der Waals surface area contributed by atoms with Crippen LogP contribution in [0, 0.1) is 6.92 Å². The zero-order valence-corrected chi connectivity index (χ0v) is 43.1. The molecule has 1 aliphatic carbocycles. The molecule has 0 aromatic heterocycles. The second-order valence-corrected chi connectivity index (χ2v) is 24.1. The number of unbranched alkanes of at least 4 members (excludes halogenated alkanes) is 7. The number of carboxylic acid groups (broad SMARTS) is 1. The molecule has 3 aliphatic rings. The molecule has 2 atom stereocenters. The fraction of sp³-hybridized carbons (Fsp3) is 0.490. The maximum Gasteiger partial charge on any atom is 0.303 e. The topological polar surface area (TPSA) is 253 Å². The third-order valence-corrected chi connectivity index (χ3v) is 16.3. The monoisotopic (exact) mass is 1030 g/mol. The van der Waals surface area contributed by atoms with Crippen LogP contribution in [0.5, 0.6) is 0 Å². The van der Waals surface area contributed by atoms with Crippen LogP contribution in [0.2, 0.25) is 0 Å². The number of rotatable bonds is 26. The first kappa shape index (κ1) is 55.9. The highest BCUT2D eigenvalue weighted by atomic mass is 32.2. The summed E-state index contributed by atoms with van der Waals surface area (Å²) in [6.07, 6.45) is 19.3. The lowest BCUT2D eigenvalue weighted by Crippen LogP contribution is -2.34. The highest BCUT2D eigenvalue weighted by Gasteiger charge is 2.45. The third kappa shape index (κ3) is 14.8. The van der Waals surface area contributed by atoms with Crippen molar-refractivity contribution in [2.75, 3.05) is 30.3 Å². The Labute approximate surface area is 413 Å². The van der Waals surface area contributed by atoms with Gasteiger partial charge in [-0.05, 0) is 133 Å². The van der Waals surface area contributed by atoms with Crippen molar-refractivity contribution in [3.8, 4) is 0 Å². The Morgan fingerprint density at radius 2 is 1.49 bits per heavy atom. The molecule has 16 nitrogen and oxygen atoms in total. The second kappa shape index (κ2) is 23.5. The molecule has 2 heterocycles. The van der Waals surface area contributed by atoms with E-state index in [1.165, 1.54) is 25.1 Å². The van der Waals surface area contributed by atoms with Crippen LogP contribution in [0.25, 0.3) is 0 Å². The summed E-state index contributed by atoms with van der Waals surface area (Å²) < 4.78 is 101. The summed E-state index contributed by atoms with van der Waals surface area (Å²) in [5.74, 6) is -1.73. The summed E-state index contributed by atoms with van der Waals surface area (Å²) in [6, 6.07) is 10.8.